The van der Waals surface area contributed by atoms with E-state index in [0.717, 1.165) is 37.0 Å². The average molecular weight is 397 g/mol. The first-order chi connectivity index (χ1) is 13.9. The molecule has 1 heterocycles. The fourth-order valence-electron chi connectivity index (χ4n) is 6.76. The molecular weight excluding hydrogens is 370 g/mol. The summed E-state index contributed by atoms with van der Waals surface area (Å²) in [6.45, 7) is 2.09. The van der Waals surface area contributed by atoms with E-state index in [1.54, 1.807) is 11.0 Å². The number of hydrogen-bond acceptors (Lipinski definition) is 4. The van der Waals surface area contributed by atoms with Gasteiger partial charge in [-0.05, 0) is 62.3 Å². The van der Waals surface area contributed by atoms with E-state index in [1.165, 1.54) is 37.5 Å². The molecule has 1 saturated heterocycles. The van der Waals surface area contributed by atoms with Gasteiger partial charge in [-0.3, -0.25) is 19.7 Å². The van der Waals surface area contributed by atoms with Crippen LogP contribution in [-0.4, -0.2) is 52.7 Å². The smallest absolute Gasteiger partial charge is 0.270 e. The molecule has 5 fully saturated rings. The minimum Gasteiger partial charge on any atom is -0.339 e. The molecule has 2 amide bonds. The lowest BCUT2D eigenvalue weighted by Gasteiger charge is -2.57. The van der Waals surface area contributed by atoms with Crippen LogP contribution in [0.25, 0.3) is 0 Å². The number of amides is 2. The molecule has 0 aromatic heterocycles. The third kappa shape index (κ3) is 3.20. The summed E-state index contributed by atoms with van der Waals surface area (Å²) in [5.74, 6) is 2.33. The van der Waals surface area contributed by atoms with Gasteiger partial charge < -0.3 is 9.80 Å². The van der Waals surface area contributed by atoms with E-state index in [4.69, 9.17) is 0 Å². The maximum atomic E-state index is 13.5. The van der Waals surface area contributed by atoms with E-state index >= 15 is 0 Å². The van der Waals surface area contributed by atoms with Crippen LogP contribution in [0.4, 0.5) is 5.69 Å². The second-order valence-corrected chi connectivity index (χ2v) is 9.59. The van der Waals surface area contributed by atoms with E-state index in [-0.39, 0.29) is 17.0 Å². The number of hydrogen-bond donors (Lipinski definition) is 0. The summed E-state index contributed by atoms with van der Waals surface area (Å²) in [5.41, 5.74) is 0.118. The topological polar surface area (TPSA) is 83.8 Å². The summed E-state index contributed by atoms with van der Waals surface area (Å²) < 4.78 is 0. The molecule has 5 aliphatic rings. The molecule has 0 radical (unpaired) electrons. The Bertz CT molecular complexity index is 824. The molecular formula is C22H27N3O4. The van der Waals surface area contributed by atoms with Gasteiger partial charge in [0.15, 0.2) is 0 Å². The van der Waals surface area contributed by atoms with E-state index in [2.05, 4.69) is 0 Å². The molecule has 154 valence electrons. The maximum absolute atomic E-state index is 13.5. The molecule has 6 rings (SSSR count). The number of nitro groups is 1. The van der Waals surface area contributed by atoms with Crippen molar-refractivity contribution >= 4 is 17.5 Å². The quantitative estimate of drug-likeness (QED) is 0.580. The Hall–Kier alpha value is -2.44. The Morgan fingerprint density at radius 1 is 0.931 bits per heavy atom. The first-order valence-corrected chi connectivity index (χ1v) is 10.8. The standard InChI is InChI=1S/C22H27N3O4/c26-20(18-2-1-3-19(11-18)25(28)29)23-4-6-24(7-5-23)21(27)22-12-15-8-16(13-22)10-17(9-15)14-22/h1-3,11,15-17H,4-10,12-14H2. The zero-order valence-corrected chi connectivity index (χ0v) is 16.6. The number of non-ortho nitro benzene ring substituents is 1. The summed E-state index contributed by atoms with van der Waals surface area (Å²) in [6.07, 6.45) is 7.13. The van der Waals surface area contributed by atoms with Crippen LogP contribution in [0.15, 0.2) is 24.3 Å². The number of rotatable bonds is 3. The Morgan fingerprint density at radius 2 is 1.48 bits per heavy atom. The third-order valence-corrected chi connectivity index (χ3v) is 7.65. The molecule has 1 aromatic rings. The second-order valence-electron chi connectivity index (χ2n) is 9.59. The van der Waals surface area contributed by atoms with Crippen molar-refractivity contribution < 1.29 is 14.5 Å². The molecule has 0 N–H and O–H groups in total. The van der Waals surface area contributed by atoms with Crippen LogP contribution >= 0.6 is 0 Å². The van der Waals surface area contributed by atoms with Gasteiger partial charge in [0.05, 0.1) is 10.3 Å². The van der Waals surface area contributed by atoms with Gasteiger partial charge in [0.25, 0.3) is 11.6 Å². The predicted octanol–water partition coefficient (Wildman–Crippen LogP) is 3.10. The number of benzene rings is 1. The first-order valence-electron chi connectivity index (χ1n) is 10.8. The van der Waals surface area contributed by atoms with E-state index in [1.807, 2.05) is 4.90 Å². The Kier molecular flexibility index (Phi) is 4.37. The summed E-state index contributed by atoms with van der Waals surface area (Å²) in [4.78, 5) is 40.4. The molecule has 7 heteroatoms. The third-order valence-electron chi connectivity index (χ3n) is 7.65. The van der Waals surface area contributed by atoms with Crippen LogP contribution in [0, 0.1) is 33.3 Å². The van der Waals surface area contributed by atoms with Crippen LogP contribution in [0.2, 0.25) is 0 Å². The van der Waals surface area contributed by atoms with Gasteiger partial charge in [0.2, 0.25) is 5.91 Å². The van der Waals surface area contributed by atoms with Crippen molar-refractivity contribution in [2.24, 2.45) is 23.2 Å². The van der Waals surface area contributed by atoms with Crippen LogP contribution in [-0.2, 0) is 4.79 Å². The molecule has 0 atom stereocenters. The highest BCUT2D eigenvalue weighted by Gasteiger charge is 2.55. The fraction of sp³-hybridized carbons (Fsp3) is 0.636. The molecule has 29 heavy (non-hydrogen) atoms. The Labute approximate surface area is 170 Å². The average Bonchev–Trinajstić information content (AvgIpc) is 2.72. The lowest BCUT2D eigenvalue weighted by atomic mass is 9.49. The molecule has 7 nitrogen and oxygen atoms in total. The minimum atomic E-state index is -0.487. The summed E-state index contributed by atoms with van der Waals surface area (Å²) >= 11 is 0. The Morgan fingerprint density at radius 3 is 2.03 bits per heavy atom. The van der Waals surface area contributed by atoms with Gasteiger partial charge in [-0.15, -0.1) is 0 Å². The number of carbonyl (C=O) groups is 2. The lowest BCUT2D eigenvalue weighted by Crippen LogP contribution is -2.58. The summed E-state index contributed by atoms with van der Waals surface area (Å²) in [5, 5.41) is 11.0. The van der Waals surface area contributed by atoms with Crippen molar-refractivity contribution in [2.45, 2.75) is 38.5 Å². The van der Waals surface area contributed by atoms with Gasteiger partial charge >= 0.3 is 0 Å². The highest BCUT2D eigenvalue weighted by atomic mass is 16.6. The van der Waals surface area contributed by atoms with Crippen molar-refractivity contribution in [3.8, 4) is 0 Å². The van der Waals surface area contributed by atoms with Crippen LogP contribution in [0.5, 0.6) is 0 Å². The van der Waals surface area contributed by atoms with Gasteiger partial charge in [-0.1, -0.05) is 6.07 Å². The zero-order chi connectivity index (χ0) is 20.2. The van der Waals surface area contributed by atoms with Crippen LogP contribution in [0.3, 0.4) is 0 Å². The molecule has 1 aromatic carbocycles. The maximum Gasteiger partial charge on any atom is 0.270 e. The lowest BCUT2D eigenvalue weighted by molar-refractivity contribution is -0.384. The van der Waals surface area contributed by atoms with Gasteiger partial charge in [-0.2, -0.15) is 0 Å². The zero-order valence-electron chi connectivity index (χ0n) is 16.6. The van der Waals surface area contributed by atoms with Gasteiger partial charge in [0, 0.05) is 43.9 Å². The van der Waals surface area contributed by atoms with Crippen LogP contribution < -0.4 is 0 Å². The van der Waals surface area contributed by atoms with Crippen molar-refractivity contribution in [1.82, 2.24) is 9.80 Å². The van der Waals surface area contributed by atoms with E-state index in [0.29, 0.717) is 37.6 Å². The summed E-state index contributed by atoms with van der Waals surface area (Å²) in [6, 6.07) is 5.87. The van der Waals surface area contributed by atoms with Gasteiger partial charge in [-0.25, -0.2) is 0 Å². The monoisotopic (exact) mass is 397 g/mol. The highest BCUT2D eigenvalue weighted by Crippen LogP contribution is 2.60. The minimum absolute atomic E-state index is 0.0773. The van der Waals surface area contributed by atoms with E-state index in [9.17, 15) is 19.7 Å². The molecule has 4 saturated carbocycles. The normalized spacial score (nSPS) is 33.0. The number of nitro benzene ring substituents is 1. The van der Waals surface area contributed by atoms with Crippen molar-refractivity contribution in [3.05, 3.63) is 39.9 Å². The molecule has 0 spiro atoms. The summed E-state index contributed by atoms with van der Waals surface area (Å²) in [7, 11) is 0. The highest BCUT2D eigenvalue weighted by molar-refractivity contribution is 5.95. The molecule has 1 aliphatic heterocycles. The Balaban J connectivity index is 1.24. The van der Waals surface area contributed by atoms with Crippen molar-refractivity contribution in [1.29, 1.82) is 0 Å². The van der Waals surface area contributed by atoms with Crippen molar-refractivity contribution in [2.75, 3.05) is 26.2 Å². The van der Waals surface area contributed by atoms with Crippen molar-refractivity contribution in [3.63, 3.8) is 0 Å². The molecule has 4 aliphatic carbocycles. The predicted molar refractivity (Wildman–Crippen MR) is 106 cm³/mol. The SMILES string of the molecule is O=C(c1cccc([N+](=O)[O-])c1)N1CCN(C(=O)C23CC4CC(CC(C4)C2)C3)CC1. The molecule has 4 bridgehead atoms. The van der Waals surface area contributed by atoms with E-state index < -0.39 is 4.92 Å². The number of piperazine rings is 1. The second kappa shape index (κ2) is 6.82. The number of nitrogens with zero attached hydrogens (tertiary/aromatic N) is 3. The van der Waals surface area contributed by atoms with Gasteiger partial charge in [0.1, 0.15) is 0 Å². The number of carbonyl (C=O) groups excluding carboxylic acids is 2. The van der Waals surface area contributed by atoms with Crippen LogP contribution in [0.1, 0.15) is 48.9 Å². The molecule has 0 unspecified atom stereocenters. The first kappa shape index (κ1) is 18.6. The largest absolute Gasteiger partial charge is 0.339 e. The fourth-order valence-corrected chi connectivity index (χ4v) is 6.76.